The summed E-state index contributed by atoms with van der Waals surface area (Å²) in [5.74, 6) is 0.102. The molecule has 0 saturated heterocycles. The lowest BCUT2D eigenvalue weighted by atomic mass is 9.81. The highest BCUT2D eigenvalue weighted by atomic mass is 16.3. The van der Waals surface area contributed by atoms with Crippen LogP contribution in [0.4, 0.5) is 5.69 Å². The van der Waals surface area contributed by atoms with Gasteiger partial charge < -0.3 is 15.7 Å². The normalized spacial score (nSPS) is 13.3. The number of ketones is 1. The average molecular weight is 326 g/mol. The van der Waals surface area contributed by atoms with Gasteiger partial charge in [-0.1, -0.05) is 37.3 Å². The van der Waals surface area contributed by atoms with Crippen molar-refractivity contribution < 1.29 is 9.90 Å². The van der Waals surface area contributed by atoms with Crippen LogP contribution < -0.4 is 10.6 Å². The van der Waals surface area contributed by atoms with Gasteiger partial charge in [-0.2, -0.15) is 0 Å². The molecule has 0 aromatic heterocycles. The molecular formula is C20H26N2O2. The van der Waals surface area contributed by atoms with E-state index in [0.717, 1.165) is 11.3 Å². The lowest BCUT2D eigenvalue weighted by Crippen LogP contribution is -2.51. The Morgan fingerprint density at radius 3 is 2.29 bits per heavy atom. The van der Waals surface area contributed by atoms with E-state index >= 15 is 0 Å². The number of aliphatic hydroxyl groups excluding tert-OH is 1. The van der Waals surface area contributed by atoms with E-state index in [0.29, 0.717) is 24.9 Å². The molecule has 0 aliphatic carbocycles. The molecule has 0 amide bonds. The Labute approximate surface area is 143 Å². The number of carbonyl (C=O) groups excluding carboxylic acids is 1. The van der Waals surface area contributed by atoms with Gasteiger partial charge in [-0.25, -0.2) is 0 Å². The zero-order valence-electron chi connectivity index (χ0n) is 14.4. The van der Waals surface area contributed by atoms with Crippen LogP contribution in [0.15, 0.2) is 54.6 Å². The number of aliphatic hydroxyl groups is 1. The number of benzene rings is 2. The van der Waals surface area contributed by atoms with Gasteiger partial charge in [-0.15, -0.1) is 0 Å². The van der Waals surface area contributed by atoms with E-state index in [2.05, 4.69) is 22.8 Å². The molecule has 0 bridgehead atoms. The van der Waals surface area contributed by atoms with Crippen molar-refractivity contribution in [3.8, 4) is 0 Å². The first kappa shape index (κ1) is 18.2. The first-order valence-electron chi connectivity index (χ1n) is 8.37. The molecule has 24 heavy (non-hydrogen) atoms. The molecule has 0 fully saturated rings. The summed E-state index contributed by atoms with van der Waals surface area (Å²) in [7, 11) is 1.85. The van der Waals surface area contributed by atoms with E-state index in [-0.39, 0.29) is 12.4 Å². The van der Waals surface area contributed by atoms with Crippen LogP contribution in [0.2, 0.25) is 0 Å². The molecule has 2 aromatic carbocycles. The lowest BCUT2D eigenvalue weighted by Gasteiger charge is -2.31. The van der Waals surface area contributed by atoms with Crippen molar-refractivity contribution in [1.29, 1.82) is 0 Å². The van der Waals surface area contributed by atoms with Crippen LogP contribution in [0.25, 0.3) is 0 Å². The maximum atomic E-state index is 13.1. The molecule has 2 aromatic rings. The van der Waals surface area contributed by atoms with E-state index in [1.807, 2.05) is 56.4 Å². The molecule has 4 heteroatoms. The second-order valence-corrected chi connectivity index (χ2v) is 5.90. The molecule has 0 heterocycles. The fraction of sp³-hybridized carbons (Fsp3) is 0.350. The largest absolute Gasteiger partial charge is 0.395 e. The summed E-state index contributed by atoms with van der Waals surface area (Å²) in [5.41, 5.74) is 2.12. The summed E-state index contributed by atoms with van der Waals surface area (Å²) in [6.07, 6.45) is 1.37. The number of carbonyl (C=O) groups is 1. The van der Waals surface area contributed by atoms with Gasteiger partial charge in [-0.05, 0) is 49.7 Å². The number of Topliss-reactive ketones (excluding diaryl/α,β-unsaturated/α-hetero) is 1. The molecule has 3 N–H and O–H groups in total. The summed E-state index contributed by atoms with van der Waals surface area (Å²) in [4.78, 5) is 13.1. The number of likely N-dealkylation sites (N-methyl/N-ethyl adjacent to an activating group) is 1. The van der Waals surface area contributed by atoms with E-state index in [1.165, 1.54) is 0 Å². The van der Waals surface area contributed by atoms with Crippen molar-refractivity contribution >= 4 is 11.5 Å². The highest BCUT2D eigenvalue weighted by molar-refractivity contribution is 6.03. The summed E-state index contributed by atoms with van der Waals surface area (Å²) in [6.45, 7) is 2.61. The third kappa shape index (κ3) is 4.22. The minimum atomic E-state index is -0.610. The standard InChI is InChI=1S/C20H26N2O2/c1-3-20(21-2,15-16-7-5-4-6-8-16)19(24)17-9-11-18(12-10-17)22-13-14-23/h4-12,21-23H,3,13-15H2,1-2H3. The molecular weight excluding hydrogens is 300 g/mol. The fourth-order valence-electron chi connectivity index (χ4n) is 2.90. The molecule has 4 nitrogen and oxygen atoms in total. The van der Waals surface area contributed by atoms with Crippen LogP contribution >= 0.6 is 0 Å². The molecule has 128 valence electrons. The minimum absolute atomic E-state index is 0.0798. The Kier molecular flexibility index (Phi) is 6.53. The SMILES string of the molecule is CCC(Cc1ccccc1)(NC)C(=O)c1ccc(NCCO)cc1. The van der Waals surface area contributed by atoms with Gasteiger partial charge in [0.05, 0.1) is 12.1 Å². The van der Waals surface area contributed by atoms with Crippen molar-refractivity contribution in [3.63, 3.8) is 0 Å². The Hall–Kier alpha value is -2.17. The second-order valence-electron chi connectivity index (χ2n) is 5.90. The third-order valence-corrected chi connectivity index (χ3v) is 4.45. The van der Waals surface area contributed by atoms with Crippen molar-refractivity contribution in [3.05, 3.63) is 65.7 Å². The Morgan fingerprint density at radius 1 is 1.08 bits per heavy atom. The number of hydrogen-bond donors (Lipinski definition) is 3. The highest BCUT2D eigenvalue weighted by Crippen LogP contribution is 2.23. The Bertz CT molecular complexity index is 634. The van der Waals surface area contributed by atoms with Gasteiger partial charge in [0.15, 0.2) is 5.78 Å². The van der Waals surface area contributed by atoms with Gasteiger partial charge in [-0.3, -0.25) is 4.79 Å². The van der Waals surface area contributed by atoms with Crippen LogP contribution in [0.1, 0.15) is 29.3 Å². The lowest BCUT2D eigenvalue weighted by molar-refractivity contribution is 0.0851. The summed E-state index contributed by atoms with van der Waals surface area (Å²) < 4.78 is 0. The number of anilines is 1. The molecule has 0 spiro atoms. The molecule has 2 rings (SSSR count). The van der Waals surface area contributed by atoms with Crippen LogP contribution in [0.3, 0.4) is 0 Å². The molecule has 1 atom stereocenters. The van der Waals surface area contributed by atoms with Crippen molar-refractivity contribution in [2.24, 2.45) is 0 Å². The minimum Gasteiger partial charge on any atom is -0.395 e. The van der Waals surface area contributed by atoms with E-state index in [4.69, 9.17) is 5.11 Å². The van der Waals surface area contributed by atoms with E-state index < -0.39 is 5.54 Å². The van der Waals surface area contributed by atoms with Gasteiger partial charge in [0, 0.05) is 17.8 Å². The smallest absolute Gasteiger partial charge is 0.183 e. The van der Waals surface area contributed by atoms with E-state index in [1.54, 1.807) is 0 Å². The van der Waals surface area contributed by atoms with Crippen molar-refractivity contribution in [2.75, 3.05) is 25.5 Å². The Balaban J connectivity index is 2.21. The van der Waals surface area contributed by atoms with E-state index in [9.17, 15) is 4.79 Å². The topological polar surface area (TPSA) is 61.4 Å². The monoisotopic (exact) mass is 326 g/mol. The van der Waals surface area contributed by atoms with Crippen LogP contribution in [0.5, 0.6) is 0 Å². The maximum absolute atomic E-state index is 13.1. The molecule has 0 radical (unpaired) electrons. The van der Waals surface area contributed by atoms with Crippen LogP contribution in [-0.2, 0) is 6.42 Å². The zero-order chi connectivity index (χ0) is 17.4. The van der Waals surface area contributed by atoms with Gasteiger partial charge in [0.1, 0.15) is 0 Å². The number of hydrogen-bond acceptors (Lipinski definition) is 4. The molecule has 1 unspecified atom stereocenters. The van der Waals surface area contributed by atoms with Crippen LogP contribution in [0, 0.1) is 0 Å². The van der Waals surface area contributed by atoms with Crippen molar-refractivity contribution in [2.45, 2.75) is 25.3 Å². The average Bonchev–Trinajstić information content (AvgIpc) is 2.65. The predicted octanol–water partition coefficient (Wildman–Crippen LogP) is 2.88. The number of rotatable bonds is 9. The van der Waals surface area contributed by atoms with Gasteiger partial charge in [0.2, 0.25) is 0 Å². The molecule has 0 aliphatic rings. The highest BCUT2D eigenvalue weighted by Gasteiger charge is 2.35. The second kappa shape index (κ2) is 8.62. The first-order chi connectivity index (χ1) is 11.6. The summed E-state index contributed by atoms with van der Waals surface area (Å²) in [6, 6.07) is 17.5. The summed E-state index contributed by atoms with van der Waals surface area (Å²) in [5, 5.41) is 15.2. The first-order valence-corrected chi connectivity index (χ1v) is 8.37. The summed E-state index contributed by atoms with van der Waals surface area (Å²) >= 11 is 0. The van der Waals surface area contributed by atoms with Gasteiger partial charge >= 0.3 is 0 Å². The number of nitrogens with one attached hydrogen (secondary N) is 2. The zero-order valence-corrected chi connectivity index (χ0v) is 14.4. The van der Waals surface area contributed by atoms with Gasteiger partial charge in [0.25, 0.3) is 0 Å². The Morgan fingerprint density at radius 2 is 1.75 bits per heavy atom. The molecule has 0 saturated carbocycles. The quantitative estimate of drug-likeness (QED) is 0.620. The van der Waals surface area contributed by atoms with Crippen molar-refractivity contribution in [1.82, 2.24) is 5.32 Å². The molecule has 0 aliphatic heterocycles. The maximum Gasteiger partial charge on any atom is 0.183 e. The predicted molar refractivity (Wildman–Crippen MR) is 98.6 cm³/mol. The third-order valence-electron chi connectivity index (χ3n) is 4.45. The fourth-order valence-corrected chi connectivity index (χ4v) is 2.90. The van der Waals surface area contributed by atoms with Crippen LogP contribution in [-0.4, -0.2) is 36.6 Å².